The first kappa shape index (κ1) is 18.6. The van der Waals surface area contributed by atoms with Crippen LogP contribution in [0.15, 0.2) is 36.5 Å². The van der Waals surface area contributed by atoms with Crippen LogP contribution in [0.2, 0.25) is 0 Å². The van der Waals surface area contributed by atoms with Gasteiger partial charge in [-0.05, 0) is 43.4 Å². The third-order valence-electron chi connectivity index (χ3n) is 5.03. The van der Waals surface area contributed by atoms with E-state index >= 15 is 0 Å². The molecule has 26 heavy (non-hydrogen) atoms. The Labute approximate surface area is 156 Å². The van der Waals surface area contributed by atoms with Crippen molar-refractivity contribution in [1.82, 2.24) is 20.0 Å². The summed E-state index contributed by atoms with van der Waals surface area (Å²) in [6.45, 7) is 9.86. The fourth-order valence-corrected chi connectivity index (χ4v) is 3.73. The van der Waals surface area contributed by atoms with Crippen molar-refractivity contribution in [2.75, 3.05) is 19.6 Å². The Morgan fingerprint density at radius 1 is 1.31 bits per heavy atom. The molecule has 1 fully saturated rings. The number of amides is 1. The van der Waals surface area contributed by atoms with Crippen LogP contribution in [0.3, 0.4) is 0 Å². The summed E-state index contributed by atoms with van der Waals surface area (Å²) in [7, 11) is 0. The molecule has 1 aliphatic heterocycles. The van der Waals surface area contributed by atoms with Gasteiger partial charge in [-0.1, -0.05) is 32.0 Å². The van der Waals surface area contributed by atoms with Gasteiger partial charge in [0.05, 0.1) is 11.4 Å². The molecular formula is C21H30N4O. The molecule has 1 aromatic heterocycles. The van der Waals surface area contributed by atoms with E-state index in [1.807, 2.05) is 22.9 Å². The molecule has 1 saturated heterocycles. The molecule has 5 heteroatoms. The van der Waals surface area contributed by atoms with Crippen LogP contribution >= 0.6 is 0 Å². The number of carbonyl (C=O) groups is 1. The Bertz CT molecular complexity index is 723. The van der Waals surface area contributed by atoms with Crippen LogP contribution in [0.5, 0.6) is 0 Å². The minimum Gasteiger partial charge on any atom is -0.356 e. The molecule has 1 aromatic carbocycles. The van der Waals surface area contributed by atoms with Gasteiger partial charge < -0.3 is 5.32 Å². The van der Waals surface area contributed by atoms with E-state index in [0.29, 0.717) is 11.8 Å². The Kier molecular flexibility index (Phi) is 6.09. The number of nitrogens with zero attached hydrogens (tertiary/aromatic N) is 3. The zero-order valence-electron chi connectivity index (χ0n) is 16.1. The second kappa shape index (κ2) is 8.49. The van der Waals surface area contributed by atoms with Crippen LogP contribution in [-0.2, 0) is 11.3 Å². The fourth-order valence-electron chi connectivity index (χ4n) is 3.73. The van der Waals surface area contributed by atoms with Crippen LogP contribution in [0.4, 0.5) is 0 Å². The van der Waals surface area contributed by atoms with Gasteiger partial charge in [0.25, 0.3) is 0 Å². The Morgan fingerprint density at radius 2 is 2.08 bits per heavy atom. The van der Waals surface area contributed by atoms with E-state index in [1.54, 1.807) is 6.92 Å². The van der Waals surface area contributed by atoms with Crippen LogP contribution < -0.4 is 5.32 Å². The zero-order valence-corrected chi connectivity index (χ0v) is 16.1. The number of aromatic nitrogens is 2. The number of piperidine rings is 1. The lowest BCUT2D eigenvalue weighted by atomic mass is 9.97. The Hall–Kier alpha value is -2.14. The van der Waals surface area contributed by atoms with Gasteiger partial charge in [0.15, 0.2) is 0 Å². The number of rotatable bonds is 6. The topological polar surface area (TPSA) is 50.2 Å². The van der Waals surface area contributed by atoms with Crippen molar-refractivity contribution in [1.29, 1.82) is 0 Å². The molecule has 0 aliphatic carbocycles. The molecule has 1 amide bonds. The predicted molar refractivity (Wildman–Crippen MR) is 104 cm³/mol. The summed E-state index contributed by atoms with van der Waals surface area (Å²) in [6.07, 6.45) is 4.56. The largest absolute Gasteiger partial charge is 0.356 e. The highest BCUT2D eigenvalue weighted by molar-refractivity contribution is 5.72. The third kappa shape index (κ3) is 4.73. The van der Waals surface area contributed by atoms with Gasteiger partial charge in [0, 0.05) is 38.3 Å². The molecule has 0 bridgehead atoms. The summed E-state index contributed by atoms with van der Waals surface area (Å²) in [5.74, 6) is 1.00. The highest BCUT2D eigenvalue weighted by Crippen LogP contribution is 2.24. The van der Waals surface area contributed by atoms with Crippen molar-refractivity contribution < 1.29 is 4.79 Å². The molecule has 0 spiro atoms. The summed E-state index contributed by atoms with van der Waals surface area (Å²) < 4.78 is 2.00. The summed E-state index contributed by atoms with van der Waals surface area (Å²) in [5, 5.41) is 7.83. The SMILES string of the molecule is CC(=O)NC[C@H]1CCCN(Cc2cn(-c3ccccc3)nc2C(C)C)C1. The summed E-state index contributed by atoms with van der Waals surface area (Å²) >= 11 is 0. The Morgan fingerprint density at radius 3 is 2.77 bits per heavy atom. The van der Waals surface area contributed by atoms with E-state index in [2.05, 4.69) is 42.4 Å². The van der Waals surface area contributed by atoms with Crippen molar-refractivity contribution in [3.8, 4) is 5.69 Å². The van der Waals surface area contributed by atoms with E-state index in [0.717, 1.165) is 31.9 Å². The van der Waals surface area contributed by atoms with Gasteiger partial charge in [-0.2, -0.15) is 5.10 Å². The van der Waals surface area contributed by atoms with Crippen LogP contribution in [-0.4, -0.2) is 40.2 Å². The zero-order chi connectivity index (χ0) is 18.5. The summed E-state index contributed by atoms with van der Waals surface area (Å²) in [4.78, 5) is 13.7. The van der Waals surface area contributed by atoms with Crippen molar-refractivity contribution in [3.63, 3.8) is 0 Å². The van der Waals surface area contributed by atoms with Crippen molar-refractivity contribution in [2.24, 2.45) is 5.92 Å². The third-order valence-corrected chi connectivity index (χ3v) is 5.03. The minimum absolute atomic E-state index is 0.0633. The first-order valence-electron chi connectivity index (χ1n) is 9.63. The number of benzene rings is 1. The predicted octanol–water partition coefficient (Wildman–Crippen LogP) is 3.34. The monoisotopic (exact) mass is 354 g/mol. The smallest absolute Gasteiger partial charge is 0.216 e. The number of carbonyl (C=O) groups excluding carboxylic acids is 1. The molecule has 0 radical (unpaired) electrons. The fraction of sp³-hybridized carbons (Fsp3) is 0.524. The van der Waals surface area contributed by atoms with Crippen molar-refractivity contribution in [3.05, 3.63) is 47.8 Å². The number of para-hydroxylation sites is 1. The molecule has 1 N–H and O–H groups in total. The molecule has 5 nitrogen and oxygen atoms in total. The lowest BCUT2D eigenvalue weighted by Crippen LogP contribution is -2.40. The van der Waals surface area contributed by atoms with Gasteiger partial charge in [0.1, 0.15) is 0 Å². The van der Waals surface area contributed by atoms with Crippen LogP contribution in [0, 0.1) is 5.92 Å². The first-order chi connectivity index (χ1) is 12.5. The number of hydrogen-bond donors (Lipinski definition) is 1. The van der Waals surface area contributed by atoms with E-state index in [-0.39, 0.29) is 5.91 Å². The van der Waals surface area contributed by atoms with Crippen LogP contribution in [0.25, 0.3) is 5.69 Å². The van der Waals surface area contributed by atoms with Gasteiger partial charge >= 0.3 is 0 Å². The van der Waals surface area contributed by atoms with E-state index < -0.39 is 0 Å². The van der Waals surface area contributed by atoms with Crippen molar-refractivity contribution in [2.45, 2.75) is 46.1 Å². The molecule has 1 aliphatic rings. The molecular weight excluding hydrogens is 324 g/mol. The van der Waals surface area contributed by atoms with Crippen LogP contribution in [0.1, 0.15) is 50.8 Å². The van der Waals surface area contributed by atoms with E-state index in [4.69, 9.17) is 5.10 Å². The standard InChI is InChI=1S/C21H30N4O/c1-16(2)21-19(15-25(23-21)20-9-5-4-6-10-20)14-24-11-7-8-18(13-24)12-22-17(3)26/h4-6,9-10,15-16,18H,7-8,11-14H2,1-3H3,(H,22,26)/t18-/m1/s1. The van der Waals surface area contributed by atoms with Crippen molar-refractivity contribution >= 4 is 5.91 Å². The lowest BCUT2D eigenvalue weighted by Gasteiger charge is -2.32. The Balaban J connectivity index is 1.72. The van der Waals surface area contributed by atoms with Gasteiger partial charge in [-0.25, -0.2) is 4.68 Å². The van der Waals surface area contributed by atoms with E-state index in [1.165, 1.54) is 24.1 Å². The molecule has 1 atom stereocenters. The maximum absolute atomic E-state index is 11.2. The van der Waals surface area contributed by atoms with Gasteiger partial charge in [0.2, 0.25) is 5.91 Å². The van der Waals surface area contributed by atoms with Gasteiger partial charge in [-0.3, -0.25) is 9.69 Å². The highest BCUT2D eigenvalue weighted by Gasteiger charge is 2.22. The number of hydrogen-bond acceptors (Lipinski definition) is 3. The second-order valence-corrected chi connectivity index (χ2v) is 7.65. The average molecular weight is 354 g/mol. The summed E-state index contributed by atoms with van der Waals surface area (Å²) in [6, 6.07) is 10.3. The highest BCUT2D eigenvalue weighted by atomic mass is 16.1. The number of nitrogens with one attached hydrogen (secondary N) is 1. The molecule has 2 heterocycles. The minimum atomic E-state index is 0.0633. The molecule has 0 saturated carbocycles. The normalized spacial score (nSPS) is 18.2. The van der Waals surface area contributed by atoms with Gasteiger partial charge in [-0.15, -0.1) is 0 Å². The van der Waals surface area contributed by atoms with E-state index in [9.17, 15) is 4.79 Å². The maximum atomic E-state index is 11.2. The summed E-state index contributed by atoms with van der Waals surface area (Å²) in [5.41, 5.74) is 3.59. The molecule has 140 valence electrons. The second-order valence-electron chi connectivity index (χ2n) is 7.65. The lowest BCUT2D eigenvalue weighted by molar-refractivity contribution is -0.119. The molecule has 3 rings (SSSR count). The quantitative estimate of drug-likeness (QED) is 0.865. The number of likely N-dealkylation sites (tertiary alicyclic amines) is 1. The average Bonchev–Trinajstić information content (AvgIpc) is 3.05. The maximum Gasteiger partial charge on any atom is 0.216 e. The first-order valence-corrected chi connectivity index (χ1v) is 9.63. The molecule has 2 aromatic rings. The molecule has 0 unspecified atom stereocenters.